The van der Waals surface area contributed by atoms with Gasteiger partial charge in [0.25, 0.3) is 0 Å². The maximum Gasteiger partial charge on any atom is 0.231 e. The van der Waals surface area contributed by atoms with E-state index < -0.39 is 0 Å². The lowest BCUT2D eigenvalue weighted by Gasteiger charge is -2.03. The SMILES string of the molecule is CCc1ccc(Nc2nc(CC(=O)Nc3cc(C)on3)cs2)cc1. The Kier molecular flexibility index (Phi) is 4.90. The number of benzene rings is 1. The number of anilines is 3. The minimum Gasteiger partial charge on any atom is -0.360 e. The highest BCUT2D eigenvalue weighted by Gasteiger charge is 2.10. The second kappa shape index (κ2) is 7.27. The molecule has 0 unspecified atom stereocenters. The molecule has 124 valence electrons. The van der Waals surface area contributed by atoms with Crippen LogP contribution in [-0.4, -0.2) is 16.0 Å². The fourth-order valence-electron chi connectivity index (χ4n) is 2.17. The quantitative estimate of drug-likeness (QED) is 0.709. The largest absolute Gasteiger partial charge is 0.360 e. The van der Waals surface area contributed by atoms with Gasteiger partial charge in [0.2, 0.25) is 5.91 Å². The van der Waals surface area contributed by atoms with E-state index in [1.165, 1.54) is 16.9 Å². The van der Waals surface area contributed by atoms with Gasteiger partial charge in [0.15, 0.2) is 10.9 Å². The Bertz CT molecular complexity index is 823. The zero-order valence-corrected chi connectivity index (χ0v) is 14.3. The number of thiazole rings is 1. The monoisotopic (exact) mass is 342 g/mol. The van der Waals surface area contributed by atoms with Crippen molar-refractivity contribution in [1.82, 2.24) is 10.1 Å². The van der Waals surface area contributed by atoms with Gasteiger partial charge in [-0.2, -0.15) is 0 Å². The number of rotatable bonds is 6. The van der Waals surface area contributed by atoms with Gasteiger partial charge in [-0.05, 0) is 31.0 Å². The minimum absolute atomic E-state index is 0.174. The van der Waals surface area contributed by atoms with Crippen LogP contribution >= 0.6 is 11.3 Å². The van der Waals surface area contributed by atoms with Crippen LogP contribution in [0.25, 0.3) is 0 Å². The molecule has 2 aromatic heterocycles. The van der Waals surface area contributed by atoms with Crippen LogP contribution in [-0.2, 0) is 17.6 Å². The third kappa shape index (κ3) is 4.20. The highest BCUT2D eigenvalue weighted by atomic mass is 32.1. The lowest BCUT2D eigenvalue weighted by molar-refractivity contribution is -0.115. The lowest BCUT2D eigenvalue weighted by Crippen LogP contribution is -2.14. The van der Waals surface area contributed by atoms with E-state index >= 15 is 0 Å². The van der Waals surface area contributed by atoms with Crippen molar-refractivity contribution in [3.8, 4) is 0 Å². The van der Waals surface area contributed by atoms with E-state index in [1.807, 2.05) is 17.5 Å². The average molecular weight is 342 g/mol. The van der Waals surface area contributed by atoms with Gasteiger partial charge in [-0.15, -0.1) is 11.3 Å². The minimum atomic E-state index is -0.174. The maximum absolute atomic E-state index is 12.0. The van der Waals surface area contributed by atoms with Gasteiger partial charge in [-0.25, -0.2) is 4.98 Å². The van der Waals surface area contributed by atoms with Crippen LogP contribution < -0.4 is 10.6 Å². The molecule has 0 aliphatic heterocycles. The third-order valence-corrected chi connectivity index (χ3v) is 4.21. The van der Waals surface area contributed by atoms with Crippen molar-refractivity contribution >= 4 is 33.9 Å². The molecule has 0 radical (unpaired) electrons. The molecule has 0 spiro atoms. The number of carbonyl (C=O) groups is 1. The Labute approximate surface area is 143 Å². The molecule has 0 bridgehead atoms. The molecule has 0 atom stereocenters. The van der Waals surface area contributed by atoms with Crippen molar-refractivity contribution in [2.75, 3.05) is 10.6 Å². The molecule has 1 aromatic carbocycles. The molecule has 0 aliphatic carbocycles. The molecule has 6 nitrogen and oxygen atoms in total. The Balaban J connectivity index is 1.57. The molecule has 0 saturated carbocycles. The van der Waals surface area contributed by atoms with Crippen LogP contribution in [0.1, 0.15) is 23.9 Å². The van der Waals surface area contributed by atoms with Crippen LogP contribution in [0.3, 0.4) is 0 Å². The Morgan fingerprint density at radius 2 is 2.08 bits per heavy atom. The summed E-state index contributed by atoms with van der Waals surface area (Å²) >= 11 is 1.47. The van der Waals surface area contributed by atoms with Crippen LogP contribution in [0.4, 0.5) is 16.6 Å². The number of carbonyl (C=O) groups excluding carboxylic acids is 1. The van der Waals surface area contributed by atoms with Gasteiger partial charge >= 0.3 is 0 Å². The molecule has 0 fully saturated rings. The summed E-state index contributed by atoms with van der Waals surface area (Å²) in [6.45, 7) is 3.90. The second-order valence-corrected chi connectivity index (χ2v) is 6.23. The normalized spacial score (nSPS) is 10.6. The number of hydrogen-bond acceptors (Lipinski definition) is 6. The van der Waals surface area contributed by atoms with Crippen molar-refractivity contribution in [3.63, 3.8) is 0 Å². The summed E-state index contributed by atoms with van der Waals surface area (Å²) in [6.07, 6.45) is 1.21. The maximum atomic E-state index is 12.0. The summed E-state index contributed by atoms with van der Waals surface area (Å²) in [7, 11) is 0. The van der Waals surface area contributed by atoms with E-state index in [2.05, 4.69) is 39.8 Å². The summed E-state index contributed by atoms with van der Waals surface area (Å²) in [5.74, 6) is 0.897. The van der Waals surface area contributed by atoms with Crippen LogP contribution in [0.5, 0.6) is 0 Å². The van der Waals surface area contributed by atoms with Crippen LogP contribution in [0.15, 0.2) is 40.2 Å². The summed E-state index contributed by atoms with van der Waals surface area (Å²) in [4.78, 5) is 16.4. The number of nitrogens with zero attached hydrogens (tertiary/aromatic N) is 2. The molecular formula is C17H18N4O2S. The van der Waals surface area contributed by atoms with E-state index in [1.54, 1.807) is 13.0 Å². The molecule has 2 heterocycles. The Morgan fingerprint density at radius 3 is 2.75 bits per heavy atom. The van der Waals surface area contributed by atoms with Gasteiger partial charge in [-0.1, -0.05) is 24.2 Å². The fraction of sp³-hybridized carbons (Fsp3) is 0.235. The number of aromatic nitrogens is 2. The molecule has 1 amide bonds. The van der Waals surface area contributed by atoms with Crippen LogP contribution in [0, 0.1) is 6.92 Å². The first-order valence-corrected chi connectivity index (χ1v) is 8.54. The van der Waals surface area contributed by atoms with Crippen molar-refractivity contribution in [2.24, 2.45) is 0 Å². The highest BCUT2D eigenvalue weighted by molar-refractivity contribution is 7.13. The smallest absolute Gasteiger partial charge is 0.231 e. The number of hydrogen-bond donors (Lipinski definition) is 2. The lowest BCUT2D eigenvalue weighted by atomic mass is 10.1. The molecule has 3 rings (SSSR count). The predicted octanol–water partition coefficient (Wildman–Crippen LogP) is 3.93. The van der Waals surface area contributed by atoms with Gasteiger partial charge < -0.3 is 15.2 Å². The molecule has 0 aliphatic rings. The summed E-state index contributed by atoms with van der Waals surface area (Å²) in [5, 5.41) is 12.3. The standard InChI is InChI=1S/C17H18N4O2S/c1-3-12-4-6-13(7-5-12)18-17-19-14(10-24-17)9-16(22)20-15-8-11(2)23-21-15/h4-8,10H,3,9H2,1-2H3,(H,18,19)(H,20,21,22). The van der Waals surface area contributed by atoms with Crippen molar-refractivity contribution < 1.29 is 9.32 Å². The van der Waals surface area contributed by atoms with Crippen LogP contribution in [0.2, 0.25) is 0 Å². The highest BCUT2D eigenvalue weighted by Crippen LogP contribution is 2.22. The Morgan fingerprint density at radius 1 is 1.29 bits per heavy atom. The zero-order valence-electron chi connectivity index (χ0n) is 13.5. The summed E-state index contributed by atoms with van der Waals surface area (Å²) in [6, 6.07) is 9.90. The number of amides is 1. The molecule has 7 heteroatoms. The van der Waals surface area contributed by atoms with Crippen molar-refractivity contribution in [1.29, 1.82) is 0 Å². The first-order valence-electron chi connectivity index (χ1n) is 7.66. The van der Waals surface area contributed by atoms with Crippen molar-refractivity contribution in [2.45, 2.75) is 26.7 Å². The molecule has 0 saturated heterocycles. The van der Waals surface area contributed by atoms with Gasteiger partial charge in [0.1, 0.15) is 5.76 Å². The second-order valence-electron chi connectivity index (χ2n) is 5.37. The third-order valence-electron chi connectivity index (χ3n) is 3.40. The Hall–Kier alpha value is -2.67. The van der Waals surface area contributed by atoms with Gasteiger partial charge in [0, 0.05) is 17.1 Å². The van der Waals surface area contributed by atoms with E-state index in [0.29, 0.717) is 17.3 Å². The molecule has 24 heavy (non-hydrogen) atoms. The zero-order chi connectivity index (χ0) is 16.9. The molecule has 3 aromatic rings. The fourth-order valence-corrected chi connectivity index (χ4v) is 2.90. The summed E-state index contributed by atoms with van der Waals surface area (Å²) < 4.78 is 4.91. The van der Waals surface area contributed by atoms with E-state index in [-0.39, 0.29) is 12.3 Å². The molecule has 2 N–H and O–H groups in total. The van der Waals surface area contributed by atoms with E-state index in [4.69, 9.17) is 4.52 Å². The van der Waals surface area contributed by atoms with Crippen molar-refractivity contribution in [3.05, 3.63) is 52.7 Å². The van der Waals surface area contributed by atoms with E-state index in [9.17, 15) is 4.79 Å². The number of aryl methyl sites for hydroxylation is 2. The van der Waals surface area contributed by atoms with Gasteiger partial charge in [-0.3, -0.25) is 4.79 Å². The average Bonchev–Trinajstić information content (AvgIpc) is 3.17. The number of nitrogens with one attached hydrogen (secondary N) is 2. The van der Waals surface area contributed by atoms with Gasteiger partial charge in [0.05, 0.1) is 12.1 Å². The van der Waals surface area contributed by atoms with E-state index in [0.717, 1.165) is 17.2 Å². The first kappa shape index (κ1) is 16.2. The topological polar surface area (TPSA) is 80.0 Å². The molecular weight excluding hydrogens is 324 g/mol. The predicted molar refractivity (Wildman–Crippen MR) is 94.8 cm³/mol. The summed E-state index contributed by atoms with van der Waals surface area (Å²) in [5.41, 5.74) is 2.99. The first-order chi connectivity index (χ1) is 11.6.